The van der Waals surface area contributed by atoms with E-state index in [9.17, 15) is 29.8 Å². The number of rotatable bonds is 5. The van der Waals surface area contributed by atoms with Gasteiger partial charge in [-0.15, -0.1) is 0 Å². The lowest BCUT2D eigenvalue weighted by Gasteiger charge is -2.42. The summed E-state index contributed by atoms with van der Waals surface area (Å²) >= 11 is 0. The SMILES string of the molecule is COC(=O)CC1CN(C(=O)OC(C)(C)C)CCN1c1ccc([N+](=O)[O-])cc1[N+](=O)[O-]. The second-order valence-electron chi connectivity index (χ2n) is 7.74. The van der Waals surface area contributed by atoms with Crippen LogP contribution in [0, 0.1) is 20.2 Å². The molecule has 0 spiro atoms. The van der Waals surface area contributed by atoms with Crippen LogP contribution in [0.2, 0.25) is 0 Å². The number of hydrogen-bond donors (Lipinski definition) is 0. The van der Waals surface area contributed by atoms with E-state index in [1.54, 1.807) is 25.7 Å². The molecule has 1 aromatic carbocycles. The maximum atomic E-state index is 12.4. The van der Waals surface area contributed by atoms with Crippen LogP contribution in [0.15, 0.2) is 18.2 Å². The lowest BCUT2D eigenvalue weighted by Crippen LogP contribution is -2.56. The molecule has 1 atom stereocenters. The Bertz CT molecular complexity index is 851. The number of methoxy groups -OCH3 is 1. The number of esters is 1. The molecule has 1 aromatic rings. The van der Waals surface area contributed by atoms with E-state index in [1.165, 1.54) is 18.1 Å². The van der Waals surface area contributed by atoms with Gasteiger partial charge >= 0.3 is 12.1 Å². The first-order chi connectivity index (χ1) is 13.9. The predicted octanol–water partition coefficient (Wildman–Crippen LogP) is 2.49. The Morgan fingerprint density at radius 1 is 1.17 bits per heavy atom. The summed E-state index contributed by atoms with van der Waals surface area (Å²) in [5.74, 6) is -0.555. The van der Waals surface area contributed by atoms with Crippen molar-refractivity contribution in [1.82, 2.24) is 4.90 Å². The van der Waals surface area contributed by atoms with E-state index in [-0.39, 0.29) is 31.7 Å². The van der Waals surface area contributed by atoms with Crippen molar-refractivity contribution in [2.45, 2.75) is 38.8 Å². The Kier molecular flexibility index (Phi) is 6.80. The van der Waals surface area contributed by atoms with Crippen LogP contribution in [-0.4, -0.2) is 65.2 Å². The Labute approximate surface area is 172 Å². The number of nitro groups is 2. The predicted molar refractivity (Wildman–Crippen MR) is 105 cm³/mol. The molecular weight excluding hydrogens is 400 g/mol. The van der Waals surface area contributed by atoms with E-state index in [0.29, 0.717) is 0 Å². The lowest BCUT2D eigenvalue weighted by atomic mass is 10.1. The van der Waals surface area contributed by atoms with Gasteiger partial charge in [0.2, 0.25) is 0 Å². The van der Waals surface area contributed by atoms with Gasteiger partial charge in [0.25, 0.3) is 11.4 Å². The Hall–Kier alpha value is -3.44. The molecule has 1 amide bonds. The highest BCUT2D eigenvalue weighted by Gasteiger charge is 2.36. The zero-order valence-corrected chi connectivity index (χ0v) is 17.2. The molecule has 1 aliphatic heterocycles. The monoisotopic (exact) mass is 424 g/mol. The molecule has 164 valence electrons. The van der Waals surface area contributed by atoms with Crippen molar-refractivity contribution < 1.29 is 28.9 Å². The van der Waals surface area contributed by atoms with Crippen molar-refractivity contribution in [3.8, 4) is 0 Å². The van der Waals surface area contributed by atoms with Gasteiger partial charge in [0.05, 0.1) is 35.5 Å². The standard InChI is InChI=1S/C18H24N4O8/c1-18(2,3)30-17(24)19-7-8-20(13(11-19)10-16(23)29-4)14-6-5-12(21(25)26)9-15(14)22(27)28/h5-6,9,13H,7-8,10-11H2,1-4H3. The van der Waals surface area contributed by atoms with Crippen LogP contribution in [0.25, 0.3) is 0 Å². The lowest BCUT2D eigenvalue weighted by molar-refractivity contribution is -0.393. The average Bonchev–Trinajstić information content (AvgIpc) is 2.65. The zero-order chi connectivity index (χ0) is 22.6. The molecule has 1 heterocycles. The first kappa shape index (κ1) is 22.8. The number of ether oxygens (including phenoxy) is 2. The number of hydrogen-bond acceptors (Lipinski definition) is 9. The van der Waals surface area contributed by atoms with Crippen LogP contribution in [0.5, 0.6) is 0 Å². The van der Waals surface area contributed by atoms with Crippen LogP contribution in [-0.2, 0) is 14.3 Å². The number of benzene rings is 1. The molecule has 0 aliphatic carbocycles. The Balaban J connectivity index is 2.37. The molecule has 0 saturated carbocycles. The topological polar surface area (TPSA) is 145 Å². The number of amides is 1. The molecule has 12 nitrogen and oxygen atoms in total. The summed E-state index contributed by atoms with van der Waals surface area (Å²) in [6, 6.07) is 2.69. The summed E-state index contributed by atoms with van der Waals surface area (Å²) in [5, 5.41) is 22.5. The van der Waals surface area contributed by atoms with Gasteiger partial charge in [0.1, 0.15) is 11.3 Å². The third-order valence-electron chi connectivity index (χ3n) is 4.44. The number of anilines is 1. The van der Waals surface area contributed by atoms with Gasteiger partial charge in [0.15, 0.2) is 0 Å². The summed E-state index contributed by atoms with van der Waals surface area (Å²) in [7, 11) is 1.22. The summed E-state index contributed by atoms with van der Waals surface area (Å²) in [4.78, 5) is 48.5. The molecule has 1 fully saturated rings. The summed E-state index contributed by atoms with van der Waals surface area (Å²) < 4.78 is 10.1. The van der Waals surface area contributed by atoms with Crippen molar-refractivity contribution in [1.29, 1.82) is 0 Å². The minimum atomic E-state index is -0.719. The number of carbonyl (C=O) groups excluding carboxylic acids is 2. The molecule has 0 aromatic heterocycles. The van der Waals surface area contributed by atoms with Gasteiger partial charge in [-0.25, -0.2) is 4.79 Å². The molecule has 12 heteroatoms. The number of carbonyl (C=O) groups is 2. The Morgan fingerprint density at radius 2 is 1.83 bits per heavy atom. The molecule has 1 unspecified atom stereocenters. The van der Waals surface area contributed by atoms with E-state index < -0.39 is 44.9 Å². The summed E-state index contributed by atoms with van der Waals surface area (Å²) in [6.45, 7) is 5.62. The zero-order valence-electron chi connectivity index (χ0n) is 17.2. The first-order valence-electron chi connectivity index (χ1n) is 9.17. The number of nitro benzene ring substituents is 2. The molecule has 1 saturated heterocycles. The average molecular weight is 424 g/mol. The Morgan fingerprint density at radius 3 is 2.37 bits per heavy atom. The van der Waals surface area contributed by atoms with E-state index in [4.69, 9.17) is 9.47 Å². The second-order valence-corrected chi connectivity index (χ2v) is 7.74. The summed E-state index contributed by atoms with van der Waals surface area (Å²) in [6.07, 6.45) is -0.695. The van der Waals surface area contributed by atoms with Crippen molar-refractivity contribution >= 4 is 29.1 Å². The van der Waals surface area contributed by atoms with Crippen LogP contribution in [0.4, 0.5) is 21.9 Å². The molecule has 30 heavy (non-hydrogen) atoms. The van der Waals surface area contributed by atoms with Gasteiger partial charge in [-0.3, -0.25) is 25.0 Å². The van der Waals surface area contributed by atoms with E-state index >= 15 is 0 Å². The third-order valence-corrected chi connectivity index (χ3v) is 4.44. The van der Waals surface area contributed by atoms with Gasteiger partial charge in [-0.05, 0) is 26.8 Å². The quantitative estimate of drug-likeness (QED) is 0.395. The third kappa shape index (κ3) is 5.55. The minimum absolute atomic E-state index is 0.0676. The highest BCUT2D eigenvalue weighted by molar-refractivity contribution is 5.74. The maximum absolute atomic E-state index is 12.4. The van der Waals surface area contributed by atoms with Crippen molar-refractivity contribution in [2.24, 2.45) is 0 Å². The van der Waals surface area contributed by atoms with E-state index in [0.717, 1.165) is 12.1 Å². The van der Waals surface area contributed by atoms with Crippen LogP contribution >= 0.6 is 0 Å². The van der Waals surface area contributed by atoms with Crippen LogP contribution in [0.3, 0.4) is 0 Å². The van der Waals surface area contributed by atoms with E-state index in [2.05, 4.69) is 0 Å². The van der Waals surface area contributed by atoms with Crippen LogP contribution < -0.4 is 4.90 Å². The molecule has 0 bridgehead atoms. The van der Waals surface area contributed by atoms with Crippen LogP contribution in [0.1, 0.15) is 27.2 Å². The molecule has 0 radical (unpaired) electrons. The van der Waals surface area contributed by atoms with Gasteiger partial charge < -0.3 is 19.3 Å². The highest BCUT2D eigenvalue weighted by atomic mass is 16.6. The smallest absolute Gasteiger partial charge is 0.410 e. The summed E-state index contributed by atoms with van der Waals surface area (Å²) in [5.41, 5.74) is -1.45. The van der Waals surface area contributed by atoms with Gasteiger partial charge in [-0.1, -0.05) is 0 Å². The largest absolute Gasteiger partial charge is 0.469 e. The first-order valence-corrected chi connectivity index (χ1v) is 9.17. The van der Waals surface area contributed by atoms with Crippen molar-refractivity contribution in [3.63, 3.8) is 0 Å². The van der Waals surface area contributed by atoms with Gasteiger partial charge in [-0.2, -0.15) is 0 Å². The molecular formula is C18H24N4O8. The minimum Gasteiger partial charge on any atom is -0.469 e. The number of nitrogens with zero attached hydrogens (tertiary/aromatic N) is 4. The van der Waals surface area contributed by atoms with Gasteiger partial charge in [0, 0.05) is 25.7 Å². The molecule has 0 N–H and O–H groups in total. The maximum Gasteiger partial charge on any atom is 0.410 e. The number of piperazine rings is 1. The second kappa shape index (κ2) is 8.93. The van der Waals surface area contributed by atoms with E-state index in [1.807, 2.05) is 0 Å². The normalized spacial score (nSPS) is 16.7. The highest BCUT2D eigenvalue weighted by Crippen LogP contribution is 2.35. The fourth-order valence-corrected chi connectivity index (χ4v) is 3.13. The van der Waals surface area contributed by atoms with Crippen molar-refractivity contribution in [3.05, 3.63) is 38.4 Å². The molecule has 2 rings (SSSR count). The number of non-ortho nitro benzene ring substituents is 1. The molecule has 1 aliphatic rings. The fourth-order valence-electron chi connectivity index (χ4n) is 3.13. The van der Waals surface area contributed by atoms with Crippen molar-refractivity contribution in [2.75, 3.05) is 31.6 Å². The fraction of sp³-hybridized carbons (Fsp3) is 0.556.